The van der Waals surface area contributed by atoms with Crippen LogP contribution in [0.1, 0.15) is 17.8 Å². The van der Waals surface area contributed by atoms with E-state index in [1.54, 1.807) is 0 Å². The van der Waals surface area contributed by atoms with Gasteiger partial charge in [0.2, 0.25) is 0 Å². The second-order valence-electron chi connectivity index (χ2n) is 3.86. The van der Waals surface area contributed by atoms with E-state index in [1.165, 1.54) is 6.42 Å². The Labute approximate surface area is 83.4 Å². The molecule has 1 saturated heterocycles. The summed E-state index contributed by atoms with van der Waals surface area (Å²) >= 11 is 0. The first kappa shape index (κ1) is 9.61. The van der Waals surface area contributed by atoms with Crippen LogP contribution in [-0.4, -0.2) is 41.4 Å². The largest absolute Gasteiger partial charge is 0.315 e. The molecule has 5 heteroatoms. The fourth-order valence-electron chi connectivity index (χ4n) is 1.77. The van der Waals surface area contributed by atoms with Crippen molar-refractivity contribution < 1.29 is 4.63 Å². The molecule has 1 aromatic heterocycles. The maximum Gasteiger partial charge on any atom is 0.122 e. The van der Waals surface area contributed by atoms with E-state index in [-0.39, 0.29) is 0 Å². The highest BCUT2D eigenvalue weighted by Gasteiger charge is 2.20. The van der Waals surface area contributed by atoms with E-state index >= 15 is 0 Å². The van der Waals surface area contributed by atoms with Crippen LogP contribution in [0, 0.1) is 6.92 Å². The van der Waals surface area contributed by atoms with Gasteiger partial charge in [-0.15, -0.1) is 0 Å². The van der Waals surface area contributed by atoms with Crippen molar-refractivity contribution in [3.8, 4) is 0 Å². The van der Waals surface area contributed by atoms with Gasteiger partial charge < -0.3 is 5.32 Å². The van der Waals surface area contributed by atoms with E-state index in [9.17, 15) is 0 Å². The van der Waals surface area contributed by atoms with Gasteiger partial charge in [-0.2, -0.15) is 0 Å². The Morgan fingerprint density at radius 3 is 3.00 bits per heavy atom. The van der Waals surface area contributed by atoms with Gasteiger partial charge in [-0.05, 0) is 26.9 Å². The SMILES string of the molecule is Cc1nonc1CN(C)C1CCNC1. The number of likely N-dealkylation sites (N-methyl/N-ethyl adjacent to an activating group) is 1. The zero-order chi connectivity index (χ0) is 9.97. The smallest absolute Gasteiger partial charge is 0.122 e. The fraction of sp³-hybridized carbons (Fsp3) is 0.778. The number of nitrogens with one attached hydrogen (secondary N) is 1. The van der Waals surface area contributed by atoms with Crippen molar-refractivity contribution in [2.45, 2.75) is 25.9 Å². The Morgan fingerprint density at radius 1 is 1.57 bits per heavy atom. The highest BCUT2D eigenvalue weighted by Crippen LogP contribution is 2.11. The number of nitrogens with zero attached hydrogens (tertiary/aromatic N) is 3. The molecule has 1 unspecified atom stereocenters. The quantitative estimate of drug-likeness (QED) is 0.747. The first-order valence-electron chi connectivity index (χ1n) is 4.96. The van der Waals surface area contributed by atoms with Gasteiger partial charge in [0.05, 0.1) is 0 Å². The van der Waals surface area contributed by atoms with Crippen LogP contribution in [0.25, 0.3) is 0 Å². The summed E-state index contributed by atoms with van der Waals surface area (Å²) in [5, 5.41) is 11.0. The van der Waals surface area contributed by atoms with Crippen molar-refractivity contribution in [1.82, 2.24) is 20.5 Å². The third kappa shape index (κ3) is 1.93. The molecule has 0 saturated carbocycles. The number of aryl methyl sites for hydroxylation is 1. The molecule has 2 heterocycles. The molecule has 1 aliphatic rings. The van der Waals surface area contributed by atoms with Crippen molar-refractivity contribution in [3.05, 3.63) is 11.4 Å². The minimum absolute atomic E-state index is 0.617. The van der Waals surface area contributed by atoms with Gasteiger partial charge in [0.25, 0.3) is 0 Å². The van der Waals surface area contributed by atoms with E-state index in [0.29, 0.717) is 6.04 Å². The summed E-state index contributed by atoms with van der Waals surface area (Å²) in [6, 6.07) is 0.617. The van der Waals surface area contributed by atoms with E-state index < -0.39 is 0 Å². The summed E-state index contributed by atoms with van der Waals surface area (Å²) in [6.07, 6.45) is 1.21. The van der Waals surface area contributed by atoms with Gasteiger partial charge in [-0.25, -0.2) is 4.63 Å². The lowest BCUT2D eigenvalue weighted by Crippen LogP contribution is -2.33. The Morgan fingerprint density at radius 2 is 2.43 bits per heavy atom. The molecule has 14 heavy (non-hydrogen) atoms. The van der Waals surface area contributed by atoms with Crippen molar-refractivity contribution in [1.29, 1.82) is 0 Å². The van der Waals surface area contributed by atoms with Crippen LogP contribution in [0.3, 0.4) is 0 Å². The van der Waals surface area contributed by atoms with Crippen molar-refractivity contribution in [2.75, 3.05) is 20.1 Å². The number of aromatic nitrogens is 2. The minimum atomic E-state index is 0.617. The topological polar surface area (TPSA) is 54.2 Å². The molecule has 1 atom stereocenters. The molecule has 0 radical (unpaired) electrons. The average molecular weight is 196 g/mol. The van der Waals surface area contributed by atoms with E-state index in [4.69, 9.17) is 0 Å². The standard InChI is InChI=1S/C9H16N4O/c1-7-9(12-14-11-7)6-13(2)8-3-4-10-5-8/h8,10H,3-6H2,1-2H3. The maximum atomic E-state index is 4.67. The third-order valence-corrected chi connectivity index (χ3v) is 2.80. The Hall–Kier alpha value is -0.940. The Balaban J connectivity index is 1.93. The second kappa shape index (κ2) is 4.06. The van der Waals surface area contributed by atoms with Gasteiger partial charge in [0.15, 0.2) is 0 Å². The normalized spacial score (nSPS) is 22.1. The monoisotopic (exact) mass is 196 g/mol. The predicted octanol–water partition coefficient (Wildman–Crippen LogP) is 0.172. The first-order chi connectivity index (χ1) is 6.77. The van der Waals surface area contributed by atoms with Crippen LogP contribution in [0.2, 0.25) is 0 Å². The summed E-state index contributed by atoms with van der Waals surface area (Å²) in [5.74, 6) is 0. The molecule has 0 bridgehead atoms. The molecule has 78 valence electrons. The lowest BCUT2D eigenvalue weighted by atomic mass is 10.2. The lowest BCUT2D eigenvalue weighted by molar-refractivity contribution is 0.236. The van der Waals surface area contributed by atoms with Gasteiger partial charge in [-0.3, -0.25) is 4.90 Å². The number of hydrogen-bond acceptors (Lipinski definition) is 5. The summed E-state index contributed by atoms with van der Waals surface area (Å²) in [6.45, 7) is 4.93. The molecular formula is C9H16N4O. The Bertz CT molecular complexity index is 293. The summed E-state index contributed by atoms with van der Waals surface area (Å²) in [4.78, 5) is 2.30. The summed E-state index contributed by atoms with van der Waals surface area (Å²) in [5.41, 5.74) is 1.84. The molecule has 5 nitrogen and oxygen atoms in total. The maximum absolute atomic E-state index is 4.67. The third-order valence-electron chi connectivity index (χ3n) is 2.80. The predicted molar refractivity (Wildman–Crippen MR) is 51.8 cm³/mol. The lowest BCUT2D eigenvalue weighted by Gasteiger charge is -2.21. The molecule has 1 aliphatic heterocycles. The highest BCUT2D eigenvalue weighted by atomic mass is 16.6. The molecule has 0 aromatic carbocycles. The molecule has 0 spiro atoms. The van der Waals surface area contributed by atoms with Crippen molar-refractivity contribution >= 4 is 0 Å². The van der Waals surface area contributed by atoms with Gasteiger partial charge in [-0.1, -0.05) is 10.3 Å². The Kier molecular flexibility index (Phi) is 2.79. The van der Waals surface area contributed by atoms with E-state index in [1.807, 2.05) is 6.92 Å². The fourth-order valence-corrected chi connectivity index (χ4v) is 1.77. The minimum Gasteiger partial charge on any atom is -0.315 e. The molecule has 2 rings (SSSR count). The van der Waals surface area contributed by atoms with Crippen LogP contribution in [0.5, 0.6) is 0 Å². The number of rotatable bonds is 3. The van der Waals surface area contributed by atoms with Gasteiger partial charge in [0.1, 0.15) is 11.4 Å². The van der Waals surface area contributed by atoms with Gasteiger partial charge >= 0.3 is 0 Å². The van der Waals surface area contributed by atoms with E-state index in [2.05, 4.69) is 32.2 Å². The molecule has 0 aliphatic carbocycles. The molecule has 1 fully saturated rings. The summed E-state index contributed by atoms with van der Waals surface area (Å²) in [7, 11) is 2.12. The van der Waals surface area contributed by atoms with Crippen LogP contribution >= 0.6 is 0 Å². The van der Waals surface area contributed by atoms with Crippen molar-refractivity contribution in [2.24, 2.45) is 0 Å². The average Bonchev–Trinajstić information content (AvgIpc) is 2.77. The number of hydrogen-bond donors (Lipinski definition) is 1. The van der Waals surface area contributed by atoms with Crippen LogP contribution in [-0.2, 0) is 6.54 Å². The van der Waals surface area contributed by atoms with Crippen LogP contribution in [0.15, 0.2) is 4.63 Å². The summed E-state index contributed by atoms with van der Waals surface area (Å²) < 4.78 is 4.67. The van der Waals surface area contributed by atoms with Crippen LogP contribution in [0.4, 0.5) is 0 Å². The molecule has 1 aromatic rings. The highest BCUT2D eigenvalue weighted by molar-refractivity contribution is 5.04. The van der Waals surface area contributed by atoms with Crippen LogP contribution < -0.4 is 5.32 Å². The molecule has 1 N–H and O–H groups in total. The zero-order valence-electron chi connectivity index (χ0n) is 8.66. The van der Waals surface area contributed by atoms with Gasteiger partial charge in [0, 0.05) is 19.1 Å². The molecule has 0 amide bonds. The zero-order valence-corrected chi connectivity index (χ0v) is 8.66. The first-order valence-corrected chi connectivity index (χ1v) is 4.96. The van der Waals surface area contributed by atoms with E-state index in [0.717, 1.165) is 31.0 Å². The van der Waals surface area contributed by atoms with Crippen molar-refractivity contribution in [3.63, 3.8) is 0 Å². The second-order valence-corrected chi connectivity index (χ2v) is 3.86. The molecular weight excluding hydrogens is 180 g/mol.